The number of non-ortho nitro benzene ring substituents is 1. The number of carbonyl (C=O) groups excluding carboxylic acids is 1. The Morgan fingerprint density at radius 2 is 2.05 bits per heavy atom. The Bertz CT molecular complexity index is 600. The van der Waals surface area contributed by atoms with Crippen molar-refractivity contribution in [1.82, 2.24) is 4.90 Å². The number of carbonyl (C=O) groups is 2. The number of nitro groups is 1. The molecule has 2 rings (SSSR count). The summed E-state index contributed by atoms with van der Waals surface area (Å²) in [5.41, 5.74) is -0.761. The van der Waals surface area contributed by atoms with E-state index in [1.54, 1.807) is 0 Å². The molecular weight excluding hydrogens is 283 g/mol. The van der Waals surface area contributed by atoms with E-state index in [0.717, 1.165) is 29.9 Å². The van der Waals surface area contributed by atoms with Gasteiger partial charge in [0.15, 0.2) is 0 Å². The van der Waals surface area contributed by atoms with Gasteiger partial charge in [-0.05, 0) is 24.8 Å². The van der Waals surface area contributed by atoms with E-state index < -0.39 is 34.8 Å². The summed E-state index contributed by atoms with van der Waals surface area (Å²) >= 11 is 0. The van der Waals surface area contributed by atoms with Gasteiger partial charge in [0, 0.05) is 18.2 Å². The highest BCUT2D eigenvalue weighted by Crippen LogP contribution is 2.30. The fourth-order valence-electron chi connectivity index (χ4n) is 1.98. The SMILES string of the molecule is O=C(O)CN(CC1CC1)C(=O)c1cc(F)cc([N+](=O)[O-])c1. The van der Waals surface area contributed by atoms with E-state index >= 15 is 0 Å². The number of carboxylic acid groups (broad SMARTS) is 1. The zero-order chi connectivity index (χ0) is 15.6. The van der Waals surface area contributed by atoms with Crippen molar-refractivity contribution in [1.29, 1.82) is 0 Å². The van der Waals surface area contributed by atoms with Crippen molar-refractivity contribution in [2.75, 3.05) is 13.1 Å². The second-order valence-corrected chi connectivity index (χ2v) is 4.98. The molecular formula is C13H13FN2O5. The average molecular weight is 296 g/mol. The maximum absolute atomic E-state index is 13.4. The molecule has 0 bridgehead atoms. The minimum atomic E-state index is -1.19. The van der Waals surface area contributed by atoms with E-state index in [1.165, 1.54) is 0 Å². The first-order valence-corrected chi connectivity index (χ1v) is 6.33. The van der Waals surface area contributed by atoms with Crippen molar-refractivity contribution in [3.63, 3.8) is 0 Å². The number of benzene rings is 1. The van der Waals surface area contributed by atoms with Crippen molar-refractivity contribution in [3.05, 3.63) is 39.7 Å². The van der Waals surface area contributed by atoms with Crippen molar-refractivity contribution in [3.8, 4) is 0 Å². The van der Waals surface area contributed by atoms with E-state index in [2.05, 4.69) is 0 Å². The molecule has 21 heavy (non-hydrogen) atoms. The van der Waals surface area contributed by atoms with Crippen LogP contribution >= 0.6 is 0 Å². The van der Waals surface area contributed by atoms with Gasteiger partial charge in [0.05, 0.1) is 11.0 Å². The molecule has 1 aliphatic carbocycles. The molecule has 1 N–H and O–H groups in total. The Morgan fingerprint density at radius 3 is 2.57 bits per heavy atom. The molecule has 112 valence electrons. The highest BCUT2D eigenvalue weighted by atomic mass is 19.1. The van der Waals surface area contributed by atoms with E-state index in [1.807, 2.05) is 0 Å². The summed E-state index contributed by atoms with van der Waals surface area (Å²) in [7, 11) is 0. The van der Waals surface area contributed by atoms with Crippen LogP contribution < -0.4 is 0 Å². The third-order valence-electron chi connectivity index (χ3n) is 3.13. The molecule has 1 aromatic rings. The quantitative estimate of drug-likeness (QED) is 0.635. The van der Waals surface area contributed by atoms with Crippen LogP contribution in [0.25, 0.3) is 0 Å². The summed E-state index contributed by atoms with van der Waals surface area (Å²) in [6.45, 7) is -0.255. The highest BCUT2D eigenvalue weighted by molar-refractivity contribution is 5.96. The van der Waals surface area contributed by atoms with Crippen molar-refractivity contribution >= 4 is 17.6 Å². The lowest BCUT2D eigenvalue weighted by atomic mass is 10.1. The Morgan fingerprint density at radius 1 is 1.38 bits per heavy atom. The predicted octanol–water partition coefficient (Wildman–Crippen LogP) is 1.67. The normalized spacial score (nSPS) is 13.8. The fraction of sp³-hybridized carbons (Fsp3) is 0.385. The molecule has 0 unspecified atom stereocenters. The van der Waals surface area contributed by atoms with Gasteiger partial charge < -0.3 is 10.0 Å². The van der Waals surface area contributed by atoms with Crippen LogP contribution in [0, 0.1) is 21.8 Å². The smallest absolute Gasteiger partial charge is 0.323 e. The van der Waals surface area contributed by atoms with Crippen LogP contribution in [-0.2, 0) is 4.79 Å². The molecule has 1 amide bonds. The topological polar surface area (TPSA) is 101 Å². The second kappa shape index (κ2) is 5.86. The maximum Gasteiger partial charge on any atom is 0.323 e. The third kappa shape index (κ3) is 3.98. The number of rotatable bonds is 6. The second-order valence-electron chi connectivity index (χ2n) is 4.98. The van der Waals surface area contributed by atoms with Gasteiger partial charge in [0.25, 0.3) is 11.6 Å². The fourth-order valence-corrected chi connectivity index (χ4v) is 1.98. The lowest BCUT2D eigenvalue weighted by molar-refractivity contribution is -0.385. The molecule has 0 radical (unpaired) electrons. The lowest BCUT2D eigenvalue weighted by Crippen LogP contribution is -2.37. The Balaban J connectivity index is 2.26. The van der Waals surface area contributed by atoms with Gasteiger partial charge in [-0.3, -0.25) is 19.7 Å². The molecule has 0 spiro atoms. The molecule has 0 aliphatic heterocycles. The van der Waals surface area contributed by atoms with Crippen LogP contribution in [-0.4, -0.2) is 39.9 Å². The largest absolute Gasteiger partial charge is 0.480 e. The van der Waals surface area contributed by atoms with Crippen LogP contribution in [0.2, 0.25) is 0 Å². The lowest BCUT2D eigenvalue weighted by Gasteiger charge is -2.20. The monoisotopic (exact) mass is 296 g/mol. The number of carboxylic acids is 1. The molecule has 1 saturated carbocycles. The Hall–Kier alpha value is -2.51. The zero-order valence-electron chi connectivity index (χ0n) is 11.0. The van der Waals surface area contributed by atoms with Crippen LogP contribution in [0.4, 0.5) is 10.1 Å². The van der Waals surface area contributed by atoms with Crippen LogP contribution in [0.3, 0.4) is 0 Å². The van der Waals surface area contributed by atoms with Crippen molar-refractivity contribution < 1.29 is 24.0 Å². The summed E-state index contributed by atoms with van der Waals surface area (Å²) in [6, 6.07) is 2.53. The van der Waals surface area contributed by atoms with Gasteiger partial charge in [-0.2, -0.15) is 0 Å². The zero-order valence-corrected chi connectivity index (χ0v) is 11.0. The van der Waals surface area contributed by atoms with Crippen LogP contribution in [0.5, 0.6) is 0 Å². The summed E-state index contributed by atoms with van der Waals surface area (Å²) in [4.78, 5) is 34.0. The molecule has 0 atom stereocenters. The van der Waals surface area contributed by atoms with E-state index in [9.17, 15) is 24.1 Å². The first-order chi connectivity index (χ1) is 9.86. The molecule has 1 fully saturated rings. The number of halogens is 1. The van der Waals surface area contributed by atoms with Crippen molar-refractivity contribution in [2.24, 2.45) is 5.92 Å². The van der Waals surface area contributed by atoms with Gasteiger partial charge in [-0.15, -0.1) is 0 Å². The summed E-state index contributed by atoms with van der Waals surface area (Å²) in [5.74, 6) is -2.56. The standard InChI is InChI=1S/C13H13FN2O5/c14-10-3-9(4-11(5-10)16(20)21)13(19)15(7-12(17)18)6-8-1-2-8/h3-5,8H,1-2,6-7H2,(H,17,18). The van der Waals surface area contributed by atoms with Crippen LogP contribution in [0.1, 0.15) is 23.2 Å². The molecule has 1 aliphatic rings. The van der Waals surface area contributed by atoms with E-state index in [0.29, 0.717) is 6.07 Å². The average Bonchev–Trinajstić information content (AvgIpc) is 3.19. The van der Waals surface area contributed by atoms with Gasteiger partial charge in [0.1, 0.15) is 12.4 Å². The summed E-state index contributed by atoms with van der Waals surface area (Å²) in [6.07, 6.45) is 1.82. The number of nitrogens with zero attached hydrogens (tertiary/aromatic N) is 2. The van der Waals surface area contributed by atoms with E-state index in [4.69, 9.17) is 5.11 Å². The van der Waals surface area contributed by atoms with Gasteiger partial charge >= 0.3 is 5.97 Å². The van der Waals surface area contributed by atoms with Crippen LogP contribution in [0.15, 0.2) is 18.2 Å². The summed E-state index contributed by atoms with van der Waals surface area (Å²) < 4.78 is 13.4. The van der Waals surface area contributed by atoms with Gasteiger partial charge in [-0.25, -0.2) is 4.39 Å². The number of hydrogen-bond acceptors (Lipinski definition) is 4. The first-order valence-electron chi connectivity index (χ1n) is 6.33. The third-order valence-corrected chi connectivity index (χ3v) is 3.13. The van der Waals surface area contributed by atoms with E-state index in [-0.39, 0.29) is 18.0 Å². The highest BCUT2D eigenvalue weighted by Gasteiger charge is 2.29. The molecule has 8 heteroatoms. The minimum Gasteiger partial charge on any atom is -0.480 e. The first kappa shape index (κ1) is 14.9. The number of amides is 1. The van der Waals surface area contributed by atoms with Gasteiger partial charge in [0.2, 0.25) is 0 Å². The number of aliphatic carboxylic acids is 1. The molecule has 0 saturated heterocycles. The molecule has 0 aromatic heterocycles. The summed E-state index contributed by atoms with van der Waals surface area (Å²) in [5, 5.41) is 19.5. The number of hydrogen-bond donors (Lipinski definition) is 1. The number of nitro benzene ring substituents is 1. The maximum atomic E-state index is 13.4. The molecule has 7 nitrogen and oxygen atoms in total. The van der Waals surface area contributed by atoms with Crippen molar-refractivity contribution in [2.45, 2.75) is 12.8 Å². The Labute approximate surface area is 119 Å². The molecule has 0 heterocycles. The Kier molecular flexibility index (Phi) is 4.15. The minimum absolute atomic E-state index is 0.219. The van der Waals surface area contributed by atoms with Gasteiger partial charge in [-0.1, -0.05) is 0 Å². The predicted molar refractivity (Wildman–Crippen MR) is 69.3 cm³/mol. The molecule has 1 aromatic carbocycles.